The Morgan fingerprint density at radius 2 is 1.96 bits per heavy atom. The molecule has 12 heteroatoms. The number of ether oxygens (including phenoxy) is 2. The molecule has 3 aromatic rings. The number of aliphatic hydroxyl groups is 2. The Morgan fingerprint density at radius 3 is 2.65 bits per heavy atom. The molecule has 258 valence electrons. The van der Waals surface area contributed by atoms with Crippen molar-refractivity contribution in [2.45, 2.75) is 83.9 Å². The molecule has 0 aliphatic carbocycles. The number of hydrogen-bond acceptors (Lipinski definition) is 10. The molecule has 0 radical (unpaired) electrons. The van der Waals surface area contributed by atoms with Crippen LogP contribution in [0, 0.1) is 0 Å². The number of nitrogens with one attached hydrogen (secondary N) is 2. The lowest BCUT2D eigenvalue weighted by atomic mass is 9.82. The number of aromatic nitrogens is 1. The molecule has 0 spiro atoms. The number of carbonyl (C=O) groups excluding carboxylic acids is 3. The van der Waals surface area contributed by atoms with Crippen LogP contribution < -0.4 is 21.1 Å². The van der Waals surface area contributed by atoms with Crippen LogP contribution in [-0.2, 0) is 38.7 Å². The van der Waals surface area contributed by atoms with Crippen molar-refractivity contribution in [3.63, 3.8) is 0 Å². The number of anilines is 1. The first-order valence-electron chi connectivity index (χ1n) is 16.9. The highest BCUT2D eigenvalue weighted by atomic mass is 16.6. The van der Waals surface area contributed by atoms with Crippen molar-refractivity contribution in [2.24, 2.45) is 5.73 Å². The highest BCUT2D eigenvalue weighted by Gasteiger charge is 2.49. The summed E-state index contributed by atoms with van der Waals surface area (Å²) in [4.78, 5) is 44.1. The van der Waals surface area contributed by atoms with Gasteiger partial charge in [0, 0.05) is 34.3 Å². The zero-order valence-corrected chi connectivity index (χ0v) is 28.0. The second-order valence-electron chi connectivity index (χ2n) is 12.7. The summed E-state index contributed by atoms with van der Waals surface area (Å²) in [5.74, 6) is -0.689. The van der Waals surface area contributed by atoms with E-state index in [4.69, 9.17) is 20.2 Å². The molecule has 0 saturated heterocycles. The number of aryl methyl sites for hydroxylation is 1. The molecule has 1 unspecified atom stereocenters. The van der Waals surface area contributed by atoms with Gasteiger partial charge in [-0.2, -0.15) is 0 Å². The minimum absolute atomic E-state index is 0.0727. The van der Waals surface area contributed by atoms with Gasteiger partial charge >= 0.3 is 5.97 Å². The van der Waals surface area contributed by atoms with E-state index in [2.05, 4.69) is 17.6 Å². The van der Waals surface area contributed by atoms with Gasteiger partial charge in [-0.3, -0.25) is 9.59 Å². The number of aliphatic hydroxyl groups excluding tert-OH is 1. The van der Waals surface area contributed by atoms with Crippen molar-refractivity contribution in [3.8, 4) is 5.75 Å². The molecule has 3 aliphatic heterocycles. The fraction of sp³-hybridized carbons (Fsp3) is 0.405. The van der Waals surface area contributed by atoms with Gasteiger partial charge < -0.3 is 41.0 Å². The summed E-state index contributed by atoms with van der Waals surface area (Å²) >= 11 is 0. The molecule has 6 N–H and O–H groups in total. The predicted octanol–water partition coefficient (Wildman–Crippen LogP) is 3.43. The topological polar surface area (TPSA) is 176 Å². The van der Waals surface area contributed by atoms with Crippen LogP contribution in [-0.4, -0.2) is 68.9 Å². The Morgan fingerprint density at radius 1 is 1.18 bits per heavy atom. The maximum atomic E-state index is 12.9. The number of cyclic esters (lactones) is 1. The molecule has 12 nitrogen and oxygen atoms in total. The Kier molecular flexibility index (Phi) is 9.73. The second-order valence-corrected chi connectivity index (χ2v) is 12.7. The van der Waals surface area contributed by atoms with Gasteiger partial charge in [0.15, 0.2) is 11.8 Å². The third-order valence-corrected chi connectivity index (χ3v) is 9.61. The predicted molar refractivity (Wildman–Crippen MR) is 184 cm³/mol. The first kappa shape index (κ1) is 34.1. The number of rotatable bonds is 12. The van der Waals surface area contributed by atoms with E-state index in [0.717, 1.165) is 52.5 Å². The maximum Gasteiger partial charge on any atom is 0.343 e. The van der Waals surface area contributed by atoms with Crippen LogP contribution in [0.1, 0.15) is 68.8 Å². The van der Waals surface area contributed by atoms with Gasteiger partial charge in [-0.25, -0.2) is 9.78 Å². The molecule has 0 fully saturated rings. The Balaban J connectivity index is 1.18. The van der Waals surface area contributed by atoms with Gasteiger partial charge in [0.05, 0.1) is 23.5 Å². The Hall–Kier alpha value is -4.78. The van der Waals surface area contributed by atoms with E-state index in [-0.39, 0.29) is 31.4 Å². The highest BCUT2D eigenvalue weighted by Crippen LogP contribution is 2.46. The van der Waals surface area contributed by atoms with E-state index in [0.29, 0.717) is 47.9 Å². The summed E-state index contributed by atoms with van der Waals surface area (Å²) in [7, 11) is 0. The molecular weight excluding hydrogens is 626 g/mol. The summed E-state index contributed by atoms with van der Waals surface area (Å²) in [6.07, 6.45) is 3.81. The zero-order valence-electron chi connectivity index (χ0n) is 28.0. The molecule has 2 aromatic carbocycles. The molecular formula is C37H43N5O7. The van der Waals surface area contributed by atoms with Crippen LogP contribution in [0.4, 0.5) is 5.69 Å². The monoisotopic (exact) mass is 669 g/mol. The molecule has 3 atom stereocenters. The van der Waals surface area contributed by atoms with E-state index in [9.17, 15) is 24.6 Å². The van der Waals surface area contributed by atoms with Crippen molar-refractivity contribution in [1.82, 2.24) is 15.2 Å². The van der Waals surface area contributed by atoms with Gasteiger partial charge in [-0.15, -0.1) is 0 Å². The third-order valence-electron chi connectivity index (χ3n) is 9.61. The van der Waals surface area contributed by atoms with Crippen LogP contribution in [0.5, 0.6) is 5.75 Å². The lowest BCUT2D eigenvalue weighted by Gasteiger charge is -2.40. The molecule has 0 saturated carbocycles. The first-order chi connectivity index (χ1) is 23.6. The van der Waals surface area contributed by atoms with Crippen molar-refractivity contribution in [1.29, 1.82) is 0 Å². The fourth-order valence-corrected chi connectivity index (χ4v) is 6.80. The molecule has 49 heavy (non-hydrogen) atoms. The van der Waals surface area contributed by atoms with Gasteiger partial charge in [0.25, 0.3) is 0 Å². The average molecular weight is 670 g/mol. The number of carbonyl (C=O) groups is 3. The Labute approximate surface area is 285 Å². The van der Waals surface area contributed by atoms with Gasteiger partial charge in [0.2, 0.25) is 11.8 Å². The second kappa shape index (κ2) is 14.0. The van der Waals surface area contributed by atoms with E-state index in [1.807, 2.05) is 42.2 Å². The van der Waals surface area contributed by atoms with Gasteiger partial charge in [-0.05, 0) is 66.8 Å². The Bertz CT molecular complexity index is 1850. The molecule has 4 heterocycles. The number of hydrogen-bond donors (Lipinski definition) is 5. The summed E-state index contributed by atoms with van der Waals surface area (Å²) in [5.41, 5.74) is 10.3. The number of benzene rings is 2. The third kappa shape index (κ3) is 6.39. The summed E-state index contributed by atoms with van der Waals surface area (Å²) in [6.45, 7) is 6.30. The standard InChI is InChI=1S/C37H43N5O7/c1-4-7-8-30(40-32(43)17-38)34(44)39-22-11-9-21(10-12-22)19-48-23-13-14-29-25(15-23)24(5-2)26-18-42-31(33(26)41-29)16-28-27(35(42)45)20-49-36(46)37(28,47)6-3/h9-16,30,35,45,47H,4-8,17-20,38H2,1-3H3,(H,39,44)(H,40,43)/t30-,35?,37-/m0/s1. The minimum Gasteiger partial charge on any atom is -0.489 e. The number of pyridine rings is 1. The van der Waals surface area contributed by atoms with E-state index < -0.39 is 23.8 Å². The lowest BCUT2D eigenvalue weighted by molar-refractivity contribution is -0.164. The van der Waals surface area contributed by atoms with Crippen LogP contribution in [0.3, 0.4) is 0 Å². The number of nitrogens with two attached hydrogens (primary N) is 1. The molecule has 3 aliphatic rings. The highest BCUT2D eigenvalue weighted by molar-refractivity contribution is 5.97. The van der Waals surface area contributed by atoms with Gasteiger partial charge in [0.1, 0.15) is 25.0 Å². The first-order valence-corrected chi connectivity index (χ1v) is 16.9. The van der Waals surface area contributed by atoms with Crippen molar-refractivity contribution >= 4 is 40.1 Å². The number of fused-ring (bicyclic) bond motifs is 4. The molecule has 2 amide bonds. The van der Waals surface area contributed by atoms with Gasteiger partial charge in [-0.1, -0.05) is 45.7 Å². The average Bonchev–Trinajstić information content (AvgIpc) is 3.48. The van der Waals surface area contributed by atoms with E-state index in [1.165, 1.54) is 0 Å². The van der Waals surface area contributed by atoms with Crippen LogP contribution in [0.2, 0.25) is 0 Å². The quantitative estimate of drug-likeness (QED) is 0.180. The smallest absolute Gasteiger partial charge is 0.343 e. The van der Waals surface area contributed by atoms with Crippen LogP contribution in [0.25, 0.3) is 16.6 Å². The molecule has 6 rings (SSSR count). The summed E-state index contributed by atoms with van der Waals surface area (Å²) < 4.78 is 11.4. The minimum atomic E-state index is -1.82. The molecule has 1 aromatic heterocycles. The van der Waals surface area contributed by atoms with Crippen LogP contribution in [0.15, 0.2) is 59.7 Å². The van der Waals surface area contributed by atoms with Crippen molar-refractivity contribution in [3.05, 3.63) is 82.1 Å². The van der Waals surface area contributed by atoms with Crippen LogP contribution >= 0.6 is 0 Å². The number of unbranched alkanes of at least 4 members (excludes halogenated alkanes) is 1. The largest absolute Gasteiger partial charge is 0.489 e. The van der Waals surface area contributed by atoms with Crippen molar-refractivity contribution < 1.29 is 34.1 Å². The van der Waals surface area contributed by atoms with E-state index >= 15 is 0 Å². The number of esters is 1. The summed E-state index contributed by atoms with van der Waals surface area (Å²) in [5, 5.41) is 29.1. The zero-order chi connectivity index (χ0) is 34.9. The van der Waals surface area contributed by atoms with Crippen molar-refractivity contribution in [2.75, 3.05) is 18.5 Å². The fourth-order valence-electron chi connectivity index (χ4n) is 6.80. The number of amides is 2. The normalized spacial score (nSPS) is 20.2. The maximum absolute atomic E-state index is 12.9. The molecule has 0 bridgehead atoms. The number of nitrogens with zero attached hydrogens (tertiary/aromatic N) is 2. The lowest BCUT2D eigenvalue weighted by Crippen LogP contribution is -2.50. The SMILES string of the molecule is CCCC[C@H](NC(=O)CN)C(=O)Nc1ccc(COc2ccc3nc4c(c(CC)c3c2)CN2C4=CC3=C(COC(=O)[C@]3(O)CC)C2O)cc1. The van der Waals surface area contributed by atoms with E-state index in [1.54, 1.807) is 25.1 Å². The summed E-state index contributed by atoms with van der Waals surface area (Å²) in [6, 6.07) is 12.5.